The van der Waals surface area contributed by atoms with Gasteiger partial charge in [0.05, 0.1) is 23.5 Å². The first-order valence-corrected chi connectivity index (χ1v) is 21.5. The smallest absolute Gasteiger partial charge is 0.167 e. The minimum absolute atomic E-state index is 0.0565. The molecule has 0 amide bonds. The number of thiophene rings is 1. The van der Waals surface area contributed by atoms with E-state index in [9.17, 15) is 0 Å². The van der Waals surface area contributed by atoms with Gasteiger partial charge in [-0.1, -0.05) is 164 Å². The number of benzene rings is 9. The molecule has 0 aliphatic rings. The Balaban J connectivity index is 1.07. The Morgan fingerprint density at radius 2 is 1.06 bits per heavy atom. The Kier molecular flexibility index (Phi) is 6.94. The highest BCUT2D eigenvalue weighted by Crippen LogP contribution is 2.43. The van der Waals surface area contributed by atoms with E-state index in [1.807, 2.05) is 78.9 Å². The molecule has 0 saturated heterocycles. The van der Waals surface area contributed by atoms with Gasteiger partial charge < -0.3 is 8.98 Å². The fraction of sp³-hybridized carbons (Fsp3) is 0. The average Bonchev–Trinajstić information content (AvgIpc) is 4.07. The third-order valence-corrected chi connectivity index (χ3v) is 13.2. The van der Waals surface area contributed by atoms with E-state index in [0.29, 0.717) is 22.3 Å². The molecule has 5 nitrogen and oxygen atoms in total. The molecular formula is C57H34N4OS. The molecule has 0 radical (unpaired) electrons. The second-order valence-electron chi connectivity index (χ2n) is 15.6. The zero-order valence-corrected chi connectivity index (χ0v) is 34.2. The molecular weight excluding hydrogens is 789 g/mol. The zero-order valence-electron chi connectivity index (χ0n) is 38.3. The molecule has 0 aliphatic carbocycles. The summed E-state index contributed by atoms with van der Waals surface area (Å²) in [5.41, 5.74) is 9.32. The molecule has 0 aliphatic heterocycles. The van der Waals surface area contributed by atoms with Crippen LogP contribution in [-0.4, -0.2) is 19.5 Å². The van der Waals surface area contributed by atoms with Gasteiger partial charge in [-0.2, -0.15) is 0 Å². The van der Waals surface area contributed by atoms with Gasteiger partial charge in [0.1, 0.15) is 11.2 Å². The second-order valence-corrected chi connectivity index (χ2v) is 16.6. The first kappa shape index (κ1) is 30.8. The minimum Gasteiger partial charge on any atom is -0.455 e. The molecule has 13 rings (SSSR count). The number of aromatic nitrogens is 4. The first-order chi connectivity index (χ1) is 33.3. The summed E-state index contributed by atoms with van der Waals surface area (Å²) in [5, 5.41) is 6.36. The predicted octanol–water partition coefficient (Wildman–Crippen LogP) is 15.6. The number of rotatable bonds is 6. The van der Waals surface area contributed by atoms with Crippen LogP contribution in [0.3, 0.4) is 0 Å². The van der Waals surface area contributed by atoms with Crippen LogP contribution in [0.15, 0.2) is 211 Å². The number of para-hydroxylation sites is 2. The molecule has 4 aromatic heterocycles. The summed E-state index contributed by atoms with van der Waals surface area (Å²) in [6, 6.07) is 57.8. The molecule has 0 fully saturated rings. The molecule has 0 bridgehead atoms. The molecule has 9 aromatic carbocycles. The van der Waals surface area contributed by atoms with Crippen molar-refractivity contribution in [2.75, 3.05) is 0 Å². The van der Waals surface area contributed by atoms with Crippen LogP contribution in [0.1, 0.15) is 6.85 Å². The normalized spacial score (nSPS) is 12.9. The summed E-state index contributed by atoms with van der Waals surface area (Å²) >= 11 is 1.77. The van der Waals surface area contributed by atoms with Gasteiger partial charge in [0, 0.05) is 58.5 Å². The van der Waals surface area contributed by atoms with Gasteiger partial charge >= 0.3 is 0 Å². The molecule has 0 atom stereocenters. The monoisotopic (exact) mass is 827 g/mol. The number of furan rings is 1. The lowest BCUT2D eigenvalue weighted by Gasteiger charge is -2.13. The van der Waals surface area contributed by atoms with Crippen molar-refractivity contribution in [2.24, 2.45) is 0 Å². The lowest BCUT2D eigenvalue weighted by molar-refractivity contribution is 0.669. The van der Waals surface area contributed by atoms with Crippen molar-refractivity contribution < 1.29 is 11.3 Å². The summed E-state index contributed by atoms with van der Waals surface area (Å²) in [5.74, 6) is 0.422. The molecule has 63 heavy (non-hydrogen) atoms. The maximum Gasteiger partial charge on any atom is 0.167 e. The highest BCUT2D eigenvalue weighted by Gasteiger charge is 2.22. The molecule has 294 valence electrons. The molecule has 0 N–H and O–H groups in total. The SMILES string of the molecule is [2H]c1c([2H])c([2H])c(-c2nc(-c3ccc(-c4cccc5c4sc4ccccc45)cc3)nc(-c3cc(-n4c5ccccc5c5ccccc54)cc4c3oc3cc(-c5ccccc5)ccc34)n2)c([2H])c1[2H]. The quantitative estimate of drug-likeness (QED) is 0.168. The van der Waals surface area contributed by atoms with Crippen molar-refractivity contribution in [3.8, 4) is 62.1 Å². The van der Waals surface area contributed by atoms with Crippen molar-refractivity contribution >= 4 is 75.3 Å². The van der Waals surface area contributed by atoms with Crippen molar-refractivity contribution in [1.29, 1.82) is 0 Å². The molecule has 13 aromatic rings. The van der Waals surface area contributed by atoms with Gasteiger partial charge in [0.25, 0.3) is 0 Å². The third-order valence-electron chi connectivity index (χ3n) is 12.0. The maximum atomic E-state index is 9.04. The summed E-state index contributed by atoms with van der Waals surface area (Å²) in [4.78, 5) is 15.1. The van der Waals surface area contributed by atoms with E-state index in [1.165, 1.54) is 20.2 Å². The lowest BCUT2D eigenvalue weighted by Crippen LogP contribution is -2.01. The zero-order chi connectivity index (χ0) is 45.8. The minimum atomic E-state index is -0.500. The Morgan fingerprint density at radius 1 is 0.429 bits per heavy atom. The average molecular weight is 828 g/mol. The van der Waals surface area contributed by atoms with Gasteiger partial charge in [-0.25, -0.2) is 15.0 Å². The standard InChI is InChI=1S/C57H34N4OS/c1-3-14-35(15-4-1)39-30-31-44-47-33-40(61-49-23-10-7-18-42(49)43-19-8-11-24-50(43)61)34-48(53(47)62-51(44)32-39)57-59-55(37-16-5-2-6-17-37)58-56(60-57)38-28-26-36(27-29-38)41-21-13-22-46-45-20-9-12-25-52(45)63-54(41)46/h1-34H/i2D,5D,6D,16D,17D. The topological polar surface area (TPSA) is 56.7 Å². The van der Waals surface area contributed by atoms with E-state index in [-0.39, 0.29) is 23.0 Å². The van der Waals surface area contributed by atoms with E-state index in [1.54, 1.807) is 11.3 Å². The van der Waals surface area contributed by atoms with Crippen LogP contribution in [0.5, 0.6) is 0 Å². The highest BCUT2D eigenvalue weighted by atomic mass is 32.1. The third kappa shape index (κ3) is 5.80. The Hall–Kier alpha value is -8.19. The van der Waals surface area contributed by atoms with Gasteiger partial charge in [0.15, 0.2) is 17.5 Å². The first-order valence-electron chi connectivity index (χ1n) is 23.2. The van der Waals surface area contributed by atoms with Crippen molar-refractivity contribution in [3.05, 3.63) is 206 Å². The predicted molar refractivity (Wildman–Crippen MR) is 262 cm³/mol. The number of nitrogens with zero attached hydrogens (tertiary/aromatic N) is 4. The second kappa shape index (κ2) is 14.2. The van der Waals surface area contributed by atoms with Crippen LogP contribution in [0.25, 0.3) is 126 Å². The number of hydrogen-bond acceptors (Lipinski definition) is 5. The van der Waals surface area contributed by atoms with Crippen molar-refractivity contribution in [2.45, 2.75) is 0 Å². The van der Waals surface area contributed by atoms with Crippen LogP contribution in [0, 0.1) is 0 Å². The van der Waals surface area contributed by atoms with E-state index in [2.05, 4.69) is 102 Å². The summed E-state index contributed by atoms with van der Waals surface area (Å²) < 4.78 is 55.2. The van der Waals surface area contributed by atoms with Crippen molar-refractivity contribution in [3.63, 3.8) is 0 Å². The molecule has 0 saturated carbocycles. The molecule has 0 spiro atoms. The number of hydrogen-bond donors (Lipinski definition) is 0. The van der Waals surface area contributed by atoms with Crippen molar-refractivity contribution in [1.82, 2.24) is 19.5 Å². The fourth-order valence-electron chi connectivity index (χ4n) is 9.04. The summed E-state index contributed by atoms with van der Waals surface area (Å²) in [6.45, 7) is 0. The highest BCUT2D eigenvalue weighted by molar-refractivity contribution is 7.26. The van der Waals surface area contributed by atoms with E-state index >= 15 is 0 Å². The van der Waals surface area contributed by atoms with Gasteiger partial charge in [-0.3, -0.25) is 0 Å². The van der Waals surface area contributed by atoms with E-state index in [4.69, 9.17) is 26.2 Å². The van der Waals surface area contributed by atoms with E-state index < -0.39 is 30.2 Å². The maximum absolute atomic E-state index is 9.04. The van der Waals surface area contributed by atoms with Gasteiger partial charge in [-0.05, 0) is 64.7 Å². The Morgan fingerprint density at radius 3 is 1.84 bits per heavy atom. The summed E-state index contributed by atoms with van der Waals surface area (Å²) in [7, 11) is 0. The van der Waals surface area contributed by atoms with Crippen LogP contribution < -0.4 is 0 Å². The van der Waals surface area contributed by atoms with Crippen LogP contribution in [0.4, 0.5) is 0 Å². The van der Waals surface area contributed by atoms with Crippen LogP contribution in [0.2, 0.25) is 0 Å². The van der Waals surface area contributed by atoms with Gasteiger partial charge in [-0.15, -0.1) is 11.3 Å². The lowest BCUT2D eigenvalue weighted by atomic mass is 10.0. The van der Waals surface area contributed by atoms with E-state index in [0.717, 1.165) is 60.5 Å². The van der Waals surface area contributed by atoms with Gasteiger partial charge in [0.2, 0.25) is 0 Å². The molecule has 0 unspecified atom stereocenters. The summed E-state index contributed by atoms with van der Waals surface area (Å²) in [6.07, 6.45) is 0. The molecule has 6 heteroatoms. The Bertz CT molecular complexity index is 4140. The van der Waals surface area contributed by atoms with Crippen LogP contribution >= 0.6 is 11.3 Å². The van der Waals surface area contributed by atoms with Crippen LogP contribution in [-0.2, 0) is 0 Å². The number of fused-ring (bicyclic) bond motifs is 9. The largest absolute Gasteiger partial charge is 0.455 e. The Labute approximate surface area is 372 Å². The molecule has 4 heterocycles. The fourth-order valence-corrected chi connectivity index (χ4v) is 10.3.